The smallest absolute Gasteiger partial charge is 0.407 e. The third-order valence-electron chi connectivity index (χ3n) is 2.69. The quantitative estimate of drug-likeness (QED) is 0.871. The van der Waals surface area contributed by atoms with Crippen molar-refractivity contribution in [2.24, 2.45) is 0 Å². The van der Waals surface area contributed by atoms with Gasteiger partial charge in [0.1, 0.15) is 6.04 Å². The van der Waals surface area contributed by atoms with Crippen LogP contribution in [0.1, 0.15) is 17.2 Å². The average Bonchev–Trinajstić information content (AvgIpc) is 2.64. The van der Waals surface area contributed by atoms with E-state index >= 15 is 0 Å². The number of benzene rings is 1. The van der Waals surface area contributed by atoms with Crippen molar-refractivity contribution in [1.82, 2.24) is 5.32 Å². The van der Waals surface area contributed by atoms with Crippen LogP contribution in [0.3, 0.4) is 0 Å². The Morgan fingerprint density at radius 3 is 2.35 bits per heavy atom. The highest BCUT2D eigenvalue weighted by Gasteiger charge is 2.41. The molecule has 0 aromatic heterocycles. The topological polar surface area (TPSA) is 30.5 Å². The Morgan fingerprint density at radius 2 is 1.82 bits per heavy atom. The molecule has 1 atom stereocenters. The summed E-state index contributed by atoms with van der Waals surface area (Å²) in [6.07, 6.45) is -4.34. The van der Waals surface area contributed by atoms with Crippen LogP contribution in [0.4, 0.5) is 13.2 Å². The molecule has 0 aliphatic carbocycles. The van der Waals surface area contributed by atoms with Gasteiger partial charge in [-0.15, -0.1) is 0 Å². The minimum atomic E-state index is -4.34. The summed E-state index contributed by atoms with van der Waals surface area (Å²) in [7, 11) is 1.28. The lowest BCUT2D eigenvalue weighted by Crippen LogP contribution is -2.32. The third kappa shape index (κ3) is 2.17. The number of rotatable bonds is 2. The van der Waals surface area contributed by atoms with Gasteiger partial charge in [-0.3, -0.25) is 0 Å². The number of alkyl halides is 3. The van der Waals surface area contributed by atoms with Gasteiger partial charge in [-0.1, -0.05) is 0 Å². The number of ether oxygens (including phenoxy) is 2. The van der Waals surface area contributed by atoms with Crippen LogP contribution >= 0.6 is 0 Å². The van der Waals surface area contributed by atoms with Gasteiger partial charge in [-0.05, 0) is 37.2 Å². The lowest BCUT2D eigenvalue weighted by molar-refractivity contribution is -0.156. The Labute approximate surface area is 96.5 Å². The predicted octanol–water partition coefficient (Wildman–Crippen LogP) is 2.55. The van der Waals surface area contributed by atoms with Gasteiger partial charge < -0.3 is 14.8 Å². The fraction of sp³-hybridized carbons (Fsp3) is 0.455. The second-order valence-corrected chi connectivity index (χ2v) is 3.83. The highest BCUT2D eigenvalue weighted by Crippen LogP contribution is 2.40. The zero-order valence-corrected chi connectivity index (χ0v) is 9.39. The molecule has 1 heterocycles. The molecule has 17 heavy (non-hydrogen) atoms. The van der Waals surface area contributed by atoms with Crippen LogP contribution in [0.2, 0.25) is 0 Å². The monoisotopic (exact) mass is 247 g/mol. The standard InChI is InChI=1S/C11H12F3NO2/c1-6-3-8-9(17-5-16-8)4-7(6)10(15-2)11(12,13)14/h3-4,10,15H,5H2,1-2H3. The first-order valence-electron chi connectivity index (χ1n) is 5.07. The molecule has 2 rings (SSSR count). The van der Waals surface area contributed by atoms with Crippen molar-refractivity contribution in [3.63, 3.8) is 0 Å². The van der Waals surface area contributed by atoms with Gasteiger partial charge in [-0.25, -0.2) is 0 Å². The molecule has 1 N–H and O–H groups in total. The van der Waals surface area contributed by atoms with E-state index in [4.69, 9.17) is 9.47 Å². The summed E-state index contributed by atoms with van der Waals surface area (Å²) in [6, 6.07) is 1.25. The van der Waals surface area contributed by atoms with E-state index in [9.17, 15) is 13.2 Å². The van der Waals surface area contributed by atoms with E-state index in [1.807, 2.05) is 0 Å². The largest absolute Gasteiger partial charge is 0.454 e. The molecule has 1 aliphatic rings. The maximum absolute atomic E-state index is 12.8. The van der Waals surface area contributed by atoms with E-state index in [0.717, 1.165) is 0 Å². The van der Waals surface area contributed by atoms with E-state index in [0.29, 0.717) is 17.1 Å². The van der Waals surface area contributed by atoms with Crippen molar-refractivity contribution in [2.75, 3.05) is 13.8 Å². The molecule has 0 saturated carbocycles. The Hall–Kier alpha value is -1.43. The number of halogens is 3. The highest BCUT2D eigenvalue weighted by molar-refractivity contribution is 5.49. The molecule has 94 valence electrons. The van der Waals surface area contributed by atoms with Crippen molar-refractivity contribution in [2.45, 2.75) is 19.1 Å². The maximum atomic E-state index is 12.8. The van der Waals surface area contributed by atoms with Gasteiger partial charge in [0.25, 0.3) is 0 Å². The van der Waals surface area contributed by atoms with E-state index in [2.05, 4.69) is 5.32 Å². The fourth-order valence-corrected chi connectivity index (χ4v) is 1.87. The molecule has 1 aromatic rings. The molecule has 0 spiro atoms. The van der Waals surface area contributed by atoms with E-state index in [1.54, 1.807) is 13.0 Å². The SMILES string of the molecule is CNC(c1cc2c(cc1C)OCO2)C(F)(F)F. The Morgan fingerprint density at radius 1 is 1.24 bits per heavy atom. The maximum Gasteiger partial charge on any atom is 0.407 e. The molecule has 0 bridgehead atoms. The first-order chi connectivity index (χ1) is 7.93. The summed E-state index contributed by atoms with van der Waals surface area (Å²) < 4.78 is 48.6. The second-order valence-electron chi connectivity index (χ2n) is 3.83. The van der Waals surface area contributed by atoms with Crippen LogP contribution in [-0.2, 0) is 0 Å². The lowest BCUT2D eigenvalue weighted by Gasteiger charge is -2.22. The van der Waals surface area contributed by atoms with Gasteiger partial charge >= 0.3 is 6.18 Å². The molecule has 0 amide bonds. The third-order valence-corrected chi connectivity index (χ3v) is 2.69. The van der Waals surface area contributed by atoms with Crippen LogP contribution in [0.25, 0.3) is 0 Å². The van der Waals surface area contributed by atoms with Crippen LogP contribution in [0.5, 0.6) is 11.5 Å². The number of fused-ring (bicyclic) bond motifs is 1. The minimum absolute atomic E-state index is 0.0501. The number of aryl methyl sites for hydroxylation is 1. The van der Waals surface area contributed by atoms with Crippen LogP contribution in [0.15, 0.2) is 12.1 Å². The van der Waals surface area contributed by atoms with Crippen LogP contribution in [0, 0.1) is 6.92 Å². The van der Waals surface area contributed by atoms with Crippen LogP contribution in [-0.4, -0.2) is 20.0 Å². The van der Waals surface area contributed by atoms with E-state index in [1.165, 1.54) is 13.1 Å². The minimum Gasteiger partial charge on any atom is -0.454 e. The number of hydrogen-bond donors (Lipinski definition) is 1. The first kappa shape index (κ1) is 12.0. The van der Waals surface area contributed by atoms with E-state index in [-0.39, 0.29) is 12.4 Å². The molecule has 0 fully saturated rings. The number of nitrogens with one attached hydrogen (secondary N) is 1. The molecule has 3 nitrogen and oxygen atoms in total. The summed E-state index contributed by atoms with van der Waals surface area (Å²) >= 11 is 0. The molecule has 0 saturated heterocycles. The summed E-state index contributed by atoms with van der Waals surface area (Å²) in [6.45, 7) is 1.67. The molecule has 1 unspecified atom stereocenters. The van der Waals surface area contributed by atoms with Crippen LogP contribution < -0.4 is 14.8 Å². The summed E-state index contributed by atoms with van der Waals surface area (Å²) in [5, 5.41) is 2.27. The van der Waals surface area contributed by atoms with E-state index < -0.39 is 12.2 Å². The second kappa shape index (κ2) is 4.10. The van der Waals surface area contributed by atoms with Gasteiger partial charge in [0.05, 0.1) is 0 Å². The zero-order chi connectivity index (χ0) is 12.6. The summed E-state index contributed by atoms with van der Waals surface area (Å²) in [5.41, 5.74) is 0.676. The fourth-order valence-electron chi connectivity index (χ4n) is 1.87. The molecular formula is C11H12F3NO2. The van der Waals surface area contributed by atoms with Gasteiger partial charge in [-0.2, -0.15) is 13.2 Å². The van der Waals surface area contributed by atoms with Gasteiger partial charge in [0, 0.05) is 0 Å². The molecule has 1 aromatic carbocycles. The van der Waals surface area contributed by atoms with Crippen molar-refractivity contribution in [3.05, 3.63) is 23.3 Å². The Bertz CT molecular complexity index is 431. The normalized spacial score (nSPS) is 16.1. The molecule has 6 heteroatoms. The Kier molecular flexibility index (Phi) is 2.91. The molecule has 0 radical (unpaired) electrons. The molecular weight excluding hydrogens is 235 g/mol. The van der Waals surface area contributed by atoms with Gasteiger partial charge in [0.15, 0.2) is 11.5 Å². The van der Waals surface area contributed by atoms with Crippen molar-refractivity contribution >= 4 is 0 Å². The van der Waals surface area contributed by atoms with Crippen molar-refractivity contribution < 1.29 is 22.6 Å². The van der Waals surface area contributed by atoms with Crippen molar-refractivity contribution in [1.29, 1.82) is 0 Å². The summed E-state index contributed by atoms with van der Waals surface area (Å²) in [4.78, 5) is 0. The number of hydrogen-bond acceptors (Lipinski definition) is 3. The van der Waals surface area contributed by atoms with Gasteiger partial charge in [0.2, 0.25) is 6.79 Å². The first-order valence-corrected chi connectivity index (χ1v) is 5.07. The van der Waals surface area contributed by atoms with Crippen molar-refractivity contribution in [3.8, 4) is 11.5 Å². The lowest BCUT2D eigenvalue weighted by atomic mass is 10.00. The average molecular weight is 247 g/mol. The zero-order valence-electron chi connectivity index (χ0n) is 9.39. The highest BCUT2D eigenvalue weighted by atomic mass is 19.4. The molecule has 1 aliphatic heterocycles. The summed E-state index contributed by atoms with van der Waals surface area (Å²) in [5.74, 6) is 0.846. The Balaban J connectivity index is 2.44. The predicted molar refractivity (Wildman–Crippen MR) is 55.2 cm³/mol.